The number of allylic oxidation sites excluding steroid dienone is 2. The van der Waals surface area contributed by atoms with E-state index in [0.717, 1.165) is 5.56 Å². The molecule has 0 radical (unpaired) electrons. The van der Waals surface area contributed by atoms with Gasteiger partial charge in [-0.1, -0.05) is 24.2 Å². The van der Waals surface area contributed by atoms with E-state index < -0.39 is 0 Å². The number of fused-ring (bicyclic) bond motifs is 1. The van der Waals surface area contributed by atoms with Gasteiger partial charge in [-0.3, -0.25) is 9.59 Å². The zero-order valence-electron chi connectivity index (χ0n) is 16.8. The maximum Gasteiger partial charge on any atom is 0.265 e. The van der Waals surface area contributed by atoms with Gasteiger partial charge in [0.2, 0.25) is 0 Å². The number of amides is 1. The fourth-order valence-corrected chi connectivity index (χ4v) is 3.69. The molecule has 0 aromatic heterocycles. The van der Waals surface area contributed by atoms with Crippen molar-refractivity contribution in [2.75, 3.05) is 24.7 Å². The van der Waals surface area contributed by atoms with Gasteiger partial charge in [-0.2, -0.15) is 0 Å². The van der Waals surface area contributed by atoms with Gasteiger partial charge in [-0.25, -0.2) is 0 Å². The van der Waals surface area contributed by atoms with Gasteiger partial charge < -0.3 is 19.6 Å². The molecule has 154 valence electrons. The molecule has 0 saturated heterocycles. The predicted molar refractivity (Wildman–Crippen MR) is 110 cm³/mol. The van der Waals surface area contributed by atoms with Crippen molar-refractivity contribution in [3.05, 3.63) is 47.7 Å². The van der Waals surface area contributed by atoms with Crippen LogP contribution in [0.5, 0.6) is 5.75 Å². The van der Waals surface area contributed by atoms with E-state index in [4.69, 9.17) is 9.57 Å². The number of carbonyl (C=O) groups is 2. The summed E-state index contributed by atoms with van der Waals surface area (Å²) in [6, 6.07) is 5.55. The molecule has 1 amide bonds. The van der Waals surface area contributed by atoms with E-state index >= 15 is 0 Å². The summed E-state index contributed by atoms with van der Waals surface area (Å²) >= 11 is 0. The van der Waals surface area contributed by atoms with Gasteiger partial charge in [0.1, 0.15) is 18.1 Å². The second kappa shape index (κ2) is 8.94. The van der Waals surface area contributed by atoms with Gasteiger partial charge >= 0.3 is 0 Å². The molecule has 1 atom stereocenters. The third kappa shape index (κ3) is 4.18. The maximum atomic E-state index is 12.8. The molecule has 1 aromatic rings. The molecule has 7 heteroatoms. The van der Waals surface area contributed by atoms with Gasteiger partial charge in [-0.15, -0.1) is 6.58 Å². The smallest absolute Gasteiger partial charge is 0.265 e. The predicted octanol–water partition coefficient (Wildman–Crippen LogP) is 3.66. The lowest BCUT2D eigenvalue weighted by atomic mass is 9.80. The van der Waals surface area contributed by atoms with Crippen LogP contribution in [0.25, 0.3) is 0 Å². The third-order valence-corrected chi connectivity index (χ3v) is 5.08. The number of ketones is 1. The van der Waals surface area contributed by atoms with Crippen molar-refractivity contribution in [3.63, 3.8) is 0 Å². The van der Waals surface area contributed by atoms with Crippen LogP contribution in [0.1, 0.15) is 44.6 Å². The van der Waals surface area contributed by atoms with E-state index in [1.807, 2.05) is 32.0 Å². The van der Waals surface area contributed by atoms with Crippen molar-refractivity contribution in [3.8, 4) is 5.75 Å². The third-order valence-electron chi connectivity index (χ3n) is 5.08. The summed E-state index contributed by atoms with van der Waals surface area (Å²) in [5, 5.41) is 14.6. The minimum atomic E-state index is -0.190. The Balaban J connectivity index is 1.91. The highest BCUT2D eigenvalue weighted by Crippen LogP contribution is 2.39. The normalized spacial score (nSPS) is 19.7. The number of Topliss-reactive ketones (excluding diaryl/α,β-unsaturated/α-hetero) is 1. The van der Waals surface area contributed by atoms with Crippen molar-refractivity contribution < 1.29 is 24.3 Å². The van der Waals surface area contributed by atoms with Crippen molar-refractivity contribution in [2.24, 2.45) is 5.16 Å². The van der Waals surface area contributed by atoms with Crippen LogP contribution in [-0.4, -0.2) is 42.3 Å². The van der Waals surface area contributed by atoms with E-state index in [9.17, 15) is 14.7 Å². The minimum Gasteiger partial charge on any atom is -0.511 e. The SMILES string of the molecule is C=CCN1C(=O)COc2ccc(C3CC(=O)C(C(CC)=NOCC)=C(O)C3)cc21. The Morgan fingerprint density at radius 2 is 2.17 bits per heavy atom. The van der Waals surface area contributed by atoms with Crippen LogP contribution in [0.3, 0.4) is 0 Å². The first-order valence-electron chi connectivity index (χ1n) is 9.82. The number of nitrogens with zero attached hydrogens (tertiary/aromatic N) is 2. The Hall–Kier alpha value is -3.09. The van der Waals surface area contributed by atoms with Crippen LogP contribution in [0, 0.1) is 0 Å². The average molecular weight is 398 g/mol. The lowest BCUT2D eigenvalue weighted by Gasteiger charge is -2.30. The van der Waals surface area contributed by atoms with E-state index in [1.54, 1.807) is 11.0 Å². The summed E-state index contributed by atoms with van der Waals surface area (Å²) in [6.45, 7) is 8.15. The fraction of sp³-hybridized carbons (Fsp3) is 0.409. The number of oxime groups is 1. The van der Waals surface area contributed by atoms with E-state index in [2.05, 4.69) is 11.7 Å². The topological polar surface area (TPSA) is 88.4 Å². The maximum absolute atomic E-state index is 12.8. The number of aliphatic hydroxyl groups is 1. The molecule has 1 heterocycles. The van der Waals surface area contributed by atoms with Crippen LogP contribution in [0.15, 0.2) is 47.3 Å². The average Bonchev–Trinajstić information content (AvgIpc) is 2.71. The second-order valence-electron chi connectivity index (χ2n) is 6.97. The van der Waals surface area contributed by atoms with Crippen LogP contribution in [-0.2, 0) is 14.4 Å². The zero-order valence-corrected chi connectivity index (χ0v) is 16.8. The largest absolute Gasteiger partial charge is 0.511 e. The molecule has 7 nitrogen and oxygen atoms in total. The lowest BCUT2D eigenvalue weighted by molar-refractivity contribution is -0.121. The summed E-state index contributed by atoms with van der Waals surface area (Å²) in [6.07, 6.45) is 2.72. The Morgan fingerprint density at radius 1 is 1.38 bits per heavy atom. The molecule has 29 heavy (non-hydrogen) atoms. The molecule has 1 aliphatic carbocycles. The summed E-state index contributed by atoms with van der Waals surface area (Å²) in [5.41, 5.74) is 2.26. The van der Waals surface area contributed by atoms with Crippen molar-refractivity contribution in [1.82, 2.24) is 0 Å². The molecule has 0 spiro atoms. The van der Waals surface area contributed by atoms with Gasteiger partial charge in [0, 0.05) is 19.4 Å². The Bertz CT molecular complexity index is 887. The number of aliphatic hydroxyl groups excluding tert-OH is 1. The molecule has 0 bridgehead atoms. The van der Waals surface area contributed by atoms with Crippen LogP contribution >= 0.6 is 0 Å². The highest BCUT2D eigenvalue weighted by Gasteiger charge is 2.32. The molecule has 3 rings (SSSR count). The first kappa shape index (κ1) is 20.6. The molecule has 2 aliphatic rings. The van der Waals surface area contributed by atoms with Crippen molar-refractivity contribution >= 4 is 23.1 Å². The molecule has 1 N–H and O–H groups in total. The number of ether oxygens (including phenoxy) is 1. The minimum absolute atomic E-state index is 0.00600. The van der Waals surface area contributed by atoms with E-state index in [-0.39, 0.29) is 42.0 Å². The molecule has 1 aromatic carbocycles. The number of benzene rings is 1. The van der Waals surface area contributed by atoms with E-state index in [0.29, 0.717) is 43.1 Å². The van der Waals surface area contributed by atoms with Crippen molar-refractivity contribution in [1.29, 1.82) is 0 Å². The fourth-order valence-electron chi connectivity index (χ4n) is 3.69. The monoisotopic (exact) mass is 398 g/mol. The summed E-state index contributed by atoms with van der Waals surface area (Å²) in [4.78, 5) is 31.7. The Kier molecular flexibility index (Phi) is 6.36. The van der Waals surface area contributed by atoms with E-state index in [1.165, 1.54) is 0 Å². The highest BCUT2D eigenvalue weighted by atomic mass is 16.6. The molecule has 0 saturated carbocycles. The van der Waals surface area contributed by atoms with Crippen molar-refractivity contribution in [2.45, 2.75) is 39.0 Å². The first-order chi connectivity index (χ1) is 14.0. The highest BCUT2D eigenvalue weighted by molar-refractivity contribution is 6.23. The number of anilines is 1. The van der Waals surface area contributed by atoms with Gasteiger partial charge in [-0.05, 0) is 37.0 Å². The molecular weight excluding hydrogens is 372 g/mol. The summed E-state index contributed by atoms with van der Waals surface area (Å²) in [5.74, 6) is 0.157. The van der Waals surface area contributed by atoms with Gasteiger partial charge in [0.05, 0.1) is 17.0 Å². The molecular formula is C22H26N2O5. The second-order valence-corrected chi connectivity index (χ2v) is 6.97. The number of rotatable bonds is 7. The molecule has 0 fully saturated rings. The lowest BCUT2D eigenvalue weighted by Crippen LogP contribution is -2.39. The van der Waals surface area contributed by atoms with Crippen LogP contribution in [0.4, 0.5) is 5.69 Å². The standard InChI is InChI=1S/C22H26N2O5/c1-4-9-24-17-10-14(7-8-20(17)28-13-21(24)27)15-11-18(25)22(19(26)12-15)16(5-2)23-29-6-3/h4,7-8,10,15,25H,1,5-6,9,11-13H2,2-3H3. The quantitative estimate of drug-likeness (QED) is 0.430. The zero-order chi connectivity index (χ0) is 21.0. The van der Waals surface area contributed by atoms with Gasteiger partial charge in [0.25, 0.3) is 5.91 Å². The summed E-state index contributed by atoms with van der Waals surface area (Å²) in [7, 11) is 0. The van der Waals surface area contributed by atoms with Gasteiger partial charge in [0.15, 0.2) is 12.4 Å². The molecule has 1 unspecified atom stereocenters. The van der Waals surface area contributed by atoms with Crippen LogP contribution < -0.4 is 9.64 Å². The Morgan fingerprint density at radius 3 is 2.83 bits per heavy atom. The number of carbonyl (C=O) groups excluding carboxylic acids is 2. The number of hydrogen-bond donors (Lipinski definition) is 1. The molecule has 1 aliphatic heterocycles. The first-order valence-corrected chi connectivity index (χ1v) is 9.82. The van der Waals surface area contributed by atoms with Crippen LogP contribution in [0.2, 0.25) is 0 Å². The number of hydrogen-bond acceptors (Lipinski definition) is 6. The summed E-state index contributed by atoms with van der Waals surface area (Å²) < 4.78 is 5.52. The Labute approximate surface area is 170 Å².